The fraction of sp³-hybridized carbons (Fsp3) is 0.474. The van der Waals surface area contributed by atoms with Crippen molar-refractivity contribution in [3.8, 4) is 5.69 Å². The predicted molar refractivity (Wildman–Crippen MR) is 98.6 cm³/mol. The van der Waals surface area contributed by atoms with Crippen LogP contribution in [0.25, 0.3) is 5.69 Å². The maximum Gasteiger partial charge on any atom is 0.255 e. The van der Waals surface area contributed by atoms with Gasteiger partial charge in [0.1, 0.15) is 0 Å². The average molecular weight is 362 g/mol. The average Bonchev–Trinajstić information content (AvgIpc) is 3.27. The van der Waals surface area contributed by atoms with Crippen LogP contribution in [-0.2, 0) is 17.6 Å². The lowest BCUT2D eigenvalue weighted by molar-refractivity contribution is 0.0856. The number of aryl methyl sites for hydroxylation is 1. The standard InChI is InChI=1S/C19H24ClN3O2/c1-3-16-18(19(24)21-12-15-6-5-11-25-15)17(4-2)23(22-16)14-9-7-13(20)8-10-14/h7-10,15H,3-6,11-12H2,1-2H3,(H,21,24)/t15-/m0/s1. The Morgan fingerprint density at radius 2 is 2.08 bits per heavy atom. The first-order valence-electron chi connectivity index (χ1n) is 8.90. The van der Waals surface area contributed by atoms with Crippen LogP contribution in [0.1, 0.15) is 48.4 Å². The van der Waals surface area contributed by atoms with Gasteiger partial charge >= 0.3 is 0 Å². The van der Waals surface area contributed by atoms with Crippen LogP contribution in [0.2, 0.25) is 5.02 Å². The Labute approximate surface area is 153 Å². The van der Waals surface area contributed by atoms with Gasteiger partial charge in [0.15, 0.2) is 0 Å². The molecule has 3 rings (SSSR count). The minimum Gasteiger partial charge on any atom is -0.376 e. The van der Waals surface area contributed by atoms with Crippen molar-refractivity contribution in [3.05, 3.63) is 46.2 Å². The van der Waals surface area contributed by atoms with E-state index in [0.717, 1.165) is 42.9 Å². The summed E-state index contributed by atoms with van der Waals surface area (Å²) < 4.78 is 7.45. The van der Waals surface area contributed by atoms with Crippen molar-refractivity contribution in [3.63, 3.8) is 0 Å². The van der Waals surface area contributed by atoms with Gasteiger partial charge in [-0.3, -0.25) is 4.79 Å². The molecule has 1 N–H and O–H groups in total. The molecular formula is C19H24ClN3O2. The van der Waals surface area contributed by atoms with Gasteiger partial charge in [0.2, 0.25) is 0 Å². The van der Waals surface area contributed by atoms with Gasteiger partial charge in [-0.15, -0.1) is 0 Å². The summed E-state index contributed by atoms with van der Waals surface area (Å²) in [7, 11) is 0. The number of rotatable bonds is 6. The normalized spacial score (nSPS) is 17.0. The molecule has 1 aromatic heterocycles. The molecule has 1 amide bonds. The molecule has 5 nitrogen and oxygen atoms in total. The number of ether oxygens (including phenoxy) is 1. The highest BCUT2D eigenvalue weighted by Crippen LogP contribution is 2.22. The fourth-order valence-corrected chi connectivity index (χ4v) is 3.36. The number of aromatic nitrogens is 2. The Kier molecular flexibility index (Phi) is 5.76. The molecule has 6 heteroatoms. The van der Waals surface area contributed by atoms with Crippen LogP contribution in [0.3, 0.4) is 0 Å². The lowest BCUT2D eigenvalue weighted by atomic mass is 10.1. The highest BCUT2D eigenvalue weighted by Gasteiger charge is 2.24. The zero-order chi connectivity index (χ0) is 17.8. The molecule has 1 aliphatic heterocycles. The summed E-state index contributed by atoms with van der Waals surface area (Å²) in [4.78, 5) is 12.8. The summed E-state index contributed by atoms with van der Waals surface area (Å²) in [6, 6.07) is 7.51. The molecule has 2 heterocycles. The van der Waals surface area contributed by atoms with Crippen molar-refractivity contribution < 1.29 is 9.53 Å². The maximum atomic E-state index is 12.8. The van der Waals surface area contributed by atoms with Crippen molar-refractivity contribution in [1.82, 2.24) is 15.1 Å². The van der Waals surface area contributed by atoms with Crippen LogP contribution in [0.15, 0.2) is 24.3 Å². The summed E-state index contributed by atoms with van der Waals surface area (Å²) in [5, 5.41) is 8.39. The Morgan fingerprint density at radius 1 is 1.32 bits per heavy atom. The summed E-state index contributed by atoms with van der Waals surface area (Å²) in [6.45, 7) is 5.40. The Bertz CT molecular complexity index is 734. The second-order valence-corrected chi connectivity index (χ2v) is 6.65. The molecule has 1 fully saturated rings. The van der Waals surface area contributed by atoms with E-state index >= 15 is 0 Å². The quantitative estimate of drug-likeness (QED) is 0.855. The Balaban J connectivity index is 1.89. The van der Waals surface area contributed by atoms with Crippen LogP contribution in [0.4, 0.5) is 0 Å². The highest BCUT2D eigenvalue weighted by molar-refractivity contribution is 6.30. The zero-order valence-electron chi connectivity index (χ0n) is 14.7. The van der Waals surface area contributed by atoms with Crippen LogP contribution in [-0.4, -0.2) is 34.9 Å². The van der Waals surface area contributed by atoms with E-state index in [1.807, 2.05) is 42.8 Å². The van der Waals surface area contributed by atoms with Gasteiger partial charge in [-0.2, -0.15) is 5.10 Å². The van der Waals surface area contributed by atoms with Crippen LogP contribution in [0.5, 0.6) is 0 Å². The predicted octanol–water partition coefficient (Wildman–Crippen LogP) is 3.56. The van der Waals surface area contributed by atoms with Gasteiger partial charge in [0.25, 0.3) is 5.91 Å². The number of hydrogen-bond acceptors (Lipinski definition) is 3. The molecule has 25 heavy (non-hydrogen) atoms. The van der Waals surface area contributed by atoms with E-state index in [2.05, 4.69) is 10.4 Å². The molecule has 0 radical (unpaired) electrons. The summed E-state index contributed by atoms with van der Waals surface area (Å²) in [5.74, 6) is -0.0654. The lowest BCUT2D eigenvalue weighted by Crippen LogP contribution is -2.32. The van der Waals surface area contributed by atoms with E-state index in [4.69, 9.17) is 16.3 Å². The molecule has 0 bridgehead atoms. The monoisotopic (exact) mass is 361 g/mol. The van der Waals surface area contributed by atoms with Gasteiger partial charge in [0.05, 0.1) is 28.7 Å². The van der Waals surface area contributed by atoms with Gasteiger partial charge in [-0.05, 0) is 49.9 Å². The molecule has 134 valence electrons. The largest absolute Gasteiger partial charge is 0.376 e. The van der Waals surface area contributed by atoms with Gasteiger partial charge in [-0.1, -0.05) is 25.4 Å². The molecule has 0 saturated carbocycles. The second kappa shape index (κ2) is 8.02. The van der Waals surface area contributed by atoms with E-state index in [1.54, 1.807) is 0 Å². The number of carbonyl (C=O) groups is 1. The van der Waals surface area contributed by atoms with E-state index < -0.39 is 0 Å². The van der Waals surface area contributed by atoms with Crippen LogP contribution < -0.4 is 5.32 Å². The first-order chi connectivity index (χ1) is 12.1. The van der Waals surface area contributed by atoms with Crippen LogP contribution >= 0.6 is 11.6 Å². The highest BCUT2D eigenvalue weighted by atomic mass is 35.5. The number of nitrogens with zero attached hydrogens (tertiary/aromatic N) is 2. The van der Waals surface area contributed by atoms with Gasteiger partial charge in [0, 0.05) is 18.2 Å². The van der Waals surface area contributed by atoms with Crippen molar-refractivity contribution in [2.45, 2.75) is 45.6 Å². The Hall–Kier alpha value is -1.85. The molecule has 1 aliphatic rings. The van der Waals surface area contributed by atoms with E-state index in [9.17, 15) is 4.79 Å². The Morgan fingerprint density at radius 3 is 2.68 bits per heavy atom. The van der Waals surface area contributed by atoms with E-state index in [-0.39, 0.29) is 12.0 Å². The third kappa shape index (κ3) is 3.88. The van der Waals surface area contributed by atoms with Crippen molar-refractivity contribution in [2.24, 2.45) is 0 Å². The number of hydrogen-bond donors (Lipinski definition) is 1. The summed E-state index contributed by atoms with van der Waals surface area (Å²) in [6.07, 6.45) is 3.63. The molecule has 0 spiro atoms. The molecule has 1 aromatic carbocycles. The topological polar surface area (TPSA) is 56.2 Å². The molecule has 0 unspecified atom stereocenters. The third-order valence-electron chi connectivity index (χ3n) is 4.54. The van der Waals surface area contributed by atoms with Crippen molar-refractivity contribution in [2.75, 3.05) is 13.2 Å². The zero-order valence-corrected chi connectivity index (χ0v) is 15.5. The minimum atomic E-state index is -0.0654. The fourth-order valence-electron chi connectivity index (χ4n) is 3.24. The first-order valence-corrected chi connectivity index (χ1v) is 9.28. The minimum absolute atomic E-state index is 0.0654. The third-order valence-corrected chi connectivity index (χ3v) is 4.79. The first kappa shape index (κ1) is 18.0. The molecule has 2 aromatic rings. The van der Waals surface area contributed by atoms with Crippen LogP contribution in [0, 0.1) is 0 Å². The van der Waals surface area contributed by atoms with Crippen molar-refractivity contribution >= 4 is 17.5 Å². The smallest absolute Gasteiger partial charge is 0.255 e. The molecular weight excluding hydrogens is 338 g/mol. The molecule has 1 atom stereocenters. The number of halogens is 1. The van der Waals surface area contributed by atoms with Gasteiger partial charge < -0.3 is 10.1 Å². The summed E-state index contributed by atoms with van der Waals surface area (Å²) >= 11 is 5.98. The number of nitrogens with one attached hydrogen (secondary N) is 1. The SMILES string of the molecule is CCc1nn(-c2ccc(Cl)cc2)c(CC)c1C(=O)NC[C@@H]1CCCO1. The maximum absolute atomic E-state index is 12.8. The molecule has 1 saturated heterocycles. The van der Waals surface area contributed by atoms with Crippen molar-refractivity contribution in [1.29, 1.82) is 0 Å². The number of benzene rings is 1. The molecule has 0 aliphatic carbocycles. The lowest BCUT2D eigenvalue weighted by Gasteiger charge is -2.12. The van der Waals surface area contributed by atoms with E-state index in [1.165, 1.54) is 0 Å². The second-order valence-electron chi connectivity index (χ2n) is 6.21. The van der Waals surface area contributed by atoms with Gasteiger partial charge in [-0.25, -0.2) is 4.68 Å². The summed E-state index contributed by atoms with van der Waals surface area (Å²) in [5.41, 5.74) is 3.34. The number of carbonyl (C=O) groups excluding carboxylic acids is 1. The number of amides is 1. The van der Waals surface area contributed by atoms with E-state index in [0.29, 0.717) is 23.6 Å².